The van der Waals surface area contributed by atoms with Gasteiger partial charge in [0, 0.05) is 47.9 Å². The van der Waals surface area contributed by atoms with Crippen LogP contribution in [0.4, 0.5) is 10.2 Å². The summed E-state index contributed by atoms with van der Waals surface area (Å²) in [6.45, 7) is 4.72. The molecule has 4 heterocycles. The number of likely N-dealkylation sites (tertiary alicyclic amines) is 1. The van der Waals surface area contributed by atoms with Gasteiger partial charge in [0.1, 0.15) is 28.7 Å². The Balaban J connectivity index is 1.23. The van der Waals surface area contributed by atoms with Gasteiger partial charge in [-0.1, -0.05) is 6.07 Å². The molecule has 5 rings (SSSR count). The third kappa shape index (κ3) is 4.06. The number of aromatic amines is 1. The van der Waals surface area contributed by atoms with Crippen molar-refractivity contribution >= 4 is 38.3 Å². The van der Waals surface area contributed by atoms with Crippen LogP contribution in [0, 0.1) is 18.3 Å². The standard InChI is InChI=1S/C24H25FN6S/c1-15-16(2-3-22-20(15)10-18(12-26)29-22)13-31-8-5-17(6-9-31)30-23-21-11-19(4-7-25)32-24(21)28-14-27-23/h2-3,10-11,14,17,29H,4-9,13H2,1H3,(H,27,28,30). The summed E-state index contributed by atoms with van der Waals surface area (Å²) in [4.78, 5) is 16.4. The number of alkyl halides is 1. The van der Waals surface area contributed by atoms with Gasteiger partial charge < -0.3 is 10.3 Å². The smallest absolute Gasteiger partial charge is 0.138 e. The molecule has 32 heavy (non-hydrogen) atoms. The molecule has 4 aromatic rings. The molecule has 1 aromatic carbocycles. The van der Waals surface area contributed by atoms with Gasteiger partial charge in [-0.05, 0) is 49.1 Å². The lowest BCUT2D eigenvalue weighted by molar-refractivity contribution is 0.211. The molecular weight excluding hydrogens is 423 g/mol. The Hall–Kier alpha value is -3.02. The van der Waals surface area contributed by atoms with E-state index in [4.69, 9.17) is 5.26 Å². The summed E-state index contributed by atoms with van der Waals surface area (Å²) in [6, 6.07) is 10.8. The van der Waals surface area contributed by atoms with E-state index in [0.29, 0.717) is 18.2 Å². The van der Waals surface area contributed by atoms with Crippen LogP contribution in [0.5, 0.6) is 0 Å². The summed E-state index contributed by atoms with van der Waals surface area (Å²) in [6.07, 6.45) is 4.10. The molecule has 164 valence electrons. The third-order valence-electron chi connectivity index (χ3n) is 6.35. The number of benzene rings is 1. The Morgan fingerprint density at radius 3 is 2.88 bits per heavy atom. The van der Waals surface area contributed by atoms with Gasteiger partial charge in [0.05, 0.1) is 12.1 Å². The fourth-order valence-electron chi connectivity index (χ4n) is 4.53. The topological polar surface area (TPSA) is 80.6 Å². The number of anilines is 1. The number of nitrogens with zero attached hydrogens (tertiary/aromatic N) is 4. The van der Waals surface area contributed by atoms with E-state index in [1.807, 2.05) is 12.1 Å². The first-order chi connectivity index (χ1) is 15.6. The van der Waals surface area contributed by atoms with Crippen LogP contribution >= 0.6 is 11.3 Å². The first-order valence-corrected chi connectivity index (χ1v) is 11.8. The number of nitrogens with one attached hydrogen (secondary N) is 2. The lowest BCUT2D eigenvalue weighted by atomic mass is 10.0. The van der Waals surface area contributed by atoms with Crippen LogP contribution < -0.4 is 5.32 Å². The van der Waals surface area contributed by atoms with Crippen LogP contribution in [-0.2, 0) is 13.0 Å². The second-order valence-electron chi connectivity index (χ2n) is 8.39. The molecule has 0 bridgehead atoms. The summed E-state index contributed by atoms with van der Waals surface area (Å²) in [7, 11) is 0. The second-order valence-corrected chi connectivity index (χ2v) is 9.51. The maximum Gasteiger partial charge on any atom is 0.138 e. The van der Waals surface area contributed by atoms with Crippen LogP contribution in [0.3, 0.4) is 0 Å². The summed E-state index contributed by atoms with van der Waals surface area (Å²) < 4.78 is 12.7. The van der Waals surface area contributed by atoms with E-state index in [0.717, 1.165) is 64.3 Å². The van der Waals surface area contributed by atoms with Crippen molar-refractivity contribution in [2.45, 2.75) is 38.8 Å². The van der Waals surface area contributed by atoms with Crippen molar-refractivity contribution in [2.24, 2.45) is 0 Å². The highest BCUT2D eigenvalue weighted by atomic mass is 32.1. The summed E-state index contributed by atoms with van der Waals surface area (Å²) in [5, 5.41) is 14.9. The van der Waals surface area contributed by atoms with Gasteiger partial charge in [0.2, 0.25) is 0 Å². The lowest BCUT2D eigenvalue weighted by Crippen LogP contribution is -2.38. The van der Waals surface area contributed by atoms with Gasteiger partial charge in [-0.2, -0.15) is 5.26 Å². The Morgan fingerprint density at radius 1 is 1.25 bits per heavy atom. The minimum absolute atomic E-state index is 0.350. The number of piperidine rings is 1. The zero-order valence-corrected chi connectivity index (χ0v) is 18.8. The number of thiophene rings is 1. The molecule has 6 nitrogen and oxygen atoms in total. The molecule has 0 unspecified atom stereocenters. The Labute approximate surface area is 190 Å². The third-order valence-corrected chi connectivity index (χ3v) is 7.45. The van der Waals surface area contributed by atoms with Crippen LogP contribution in [-0.4, -0.2) is 45.7 Å². The van der Waals surface area contributed by atoms with Crippen LogP contribution in [0.1, 0.15) is 34.5 Å². The Bertz CT molecular complexity index is 1300. The SMILES string of the molecule is Cc1c(CN2CCC(Nc3ncnc4sc(CCF)cc34)CC2)ccc2[nH]c(C#N)cc12. The number of hydrogen-bond donors (Lipinski definition) is 2. The molecule has 2 N–H and O–H groups in total. The first-order valence-electron chi connectivity index (χ1n) is 10.9. The van der Waals surface area contributed by atoms with Crippen molar-refractivity contribution in [3.8, 4) is 6.07 Å². The van der Waals surface area contributed by atoms with Gasteiger partial charge >= 0.3 is 0 Å². The first kappa shape index (κ1) is 20.9. The summed E-state index contributed by atoms with van der Waals surface area (Å²) in [5.74, 6) is 0.858. The Morgan fingerprint density at radius 2 is 2.09 bits per heavy atom. The van der Waals surface area contributed by atoms with Gasteiger partial charge in [-0.15, -0.1) is 11.3 Å². The maximum absolute atomic E-state index is 12.7. The molecule has 0 spiro atoms. The number of aryl methyl sites for hydroxylation is 2. The quantitative estimate of drug-likeness (QED) is 0.437. The summed E-state index contributed by atoms with van der Waals surface area (Å²) >= 11 is 1.55. The molecule has 1 aliphatic rings. The minimum atomic E-state index is -0.350. The number of fused-ring (bicyclic) bond motifs is 2. The van der Waals surface area contributed by atoms with Gasteiger partial charge in [0.15, 0.2) is 0 Å². The maximum atomic E-state index is 12.7. The number of nitriles is 1. The van der Waals surface area contributed by atoms with Crippen molar-refractivity contribution in [1.82, 2.24) is 19.9 Å². The van der Waals surface area contributed by atoms with E-state index in [2.05, 4.69) is 50.3 Å². The number of H-pyrrole nitrogens is 1. The molecule has 0 saturated carbocycles. The average Bonchev–Trinajstić information content (AvgIpc) is 3.42. The minimum Gasteiger partial charge on any atom is -0.367 e. The monoisotopic (exact) mass is 448 g/mol. The molecule has 0 aliphatic carbocycles. The lowest BCUT2D eigenvalue weighted by Gasteiger charge is -2.33. The fraction of sp³-hybridized carbons (Fsp3) is 0.375. The van der Waals surface area contributed by atoms with E-state index in [9.17, 15) is 4.39 Å². The van der Waals surface area contributed by atoms with E-state index < -0.39 is 0 Å². The number of halogens is 1. The second kappa shape index (κ2) is 8.85. The predicted molar refractivity (Wildman–Crippen MR) is 127 cm³/mol. The molecule has 3 aromatic heterocycles. The molecule has 0 amide bonds. The fourth-order valence-corrected chi connectivity index (χ4v) is 5.50. The Kier molecular flexibility index (Phi) is 5.77. The zero-order chi connectivity index (χ0) is 22.1. The van der Waals surface area contributed by atoms with E-state index in [1.54, 1.807) is 17.7 Å². The van der Waals surface area contributed by atoms with E-state index in [-0.39, 0.29) is 6.67 Å². The highest BCUT2D eigenvalue weighted by Gasteiger charge is 2.21. The van der Waals surface area contributed by atoms with Gasteiger partial charge in [-0.25, -0.2) is 9.97 Å². The van der Waals surface area contributed by atoms with Crippen LogP contribution in [0.25, 0.3) is 21.1 Å². The highest BCUT2D eigenvalue weighted by molar-refractivity contribution is 7.18. The van der Waals surface area contributed by atoms with Crippen molar-refractivity contribution in [3.05, 3.63) is 52.3 Å². The number of hydrogen-bond acceptors (Lipinski definition) is 6. The van der Waals surface area contributed by atoms with E-state index in [1.165, 1.54) is 11.1 Å². The molecular formula is C24H25FN6S. The van der Waals surface area contributed by atoms with Gasteiger partial charge in [0.25, 0.3) is 0 Å². The van der Waals surface area contributed by atoms with E-state index >= 15 is 0 Å². The van der Waals surface area contributed by atoms with Crippen LogP contribution in [0.15, 0.2) is 30.6 Å². The van der Waals surface area contributed by atoms with Crippen molar-refractivity contribution in [3.63, 3.8) is 0 Å². The molecule has 1 fully saturated rings. The molecule has 8 heteroatoms. The largest absolute Gasteiger partial charge is 0.367 e. The molecule has 0 atom stereocenters. The number of rotatable bonds is 6. The zero-order valence-electron chi connectivity index (χ0n) is 18.0. The molecule has 1 saturated heterocycles. The summed E-state index contributed by atoms with van der Waals surface area (Å²) in [5.41, 5.74) is 4.17. The van der Waals surface area contributed by atoms with Crippen molar-refractivity contribution in [1.29, 1.82) is 5.26 Å². The van der Waals surface area contributed by atoms with Crippen molar-refractivity contribution < 1.29 is 4.39 Å². The highest BCUT2D eigenvalue weighted by Crippen LogP contribution is 2.30. The van der Waals surface area contributed by atoms with Crippen LogP contribution in [0.2, 0.25) is 0 Å². The average molecular weight is 449 g/mol. The number of aromatic nitrogens is 3. The molecule has 1 aliphatic heterocycles. The normalized spacial score (nSPS) is 15.4. The van der Waals surface area contributed by atoms with Gasteiger partial charge in [-0.3, -0.25) is 9.29 Å². The predicted octanol–water partition coefficient (Wildman–Crippen LogP) is 4.94. The molecule has 0 radical (unpaired) electrons. The van der Waals surface area contributed by atoms with Crippen molar-refractivity contribution in [2.75, 3.05) is 25.1 Å².